The van der Waals surface area contributed by atoms with Gasteiger partial charge in [-0.1, -0.05) is 115 Å². The molecule has 242 valence electrons. The molecular weight excluding hydrogens is 607 g/mol. The Hall–Kier alpha value is -5.60. The van der Waals surface area contributed by atoms with Gasteiger partial charge in [-0.15, -0.1) is 0 Å². The molecule has 5 aliphatic rings. The summed E-state index contributed by atoms with van der Waals surface area (Å²) < 4.78 is 6.24. The Balaban J connectivity index is 0.969. The Kier molecular flexibility index (Phi) is 7.08. The van der Waals surface area contributed by atoms with E-state index >= 15 is 0 Å². The van der Waals surface area contributed by atoms with Crippen molar-refractivity contribution in [2.75, 3.05) is 4.90 Å². The number of para-hydroxylation sites is 1. The zero-order valence-corrected chi connectivity index (χ0v) is 28.2. The number of benzene rings is 4. The molecule has 0 N–H and O–H groups in total. The van der Waals surface area contributed by atoms with Gasteiger partial charge in [0, 0.05) is 46.3 Å². The van der Waals surface area contributed by atoms with E-state index in [0.29, 0.717) is 11.8 Å². The van der Waals surface area contributed by atoms with E-state index in [1.165, 1.54) is 72.6 Å². The third kappa shape index (κ3) is 4.93. The number of fused-ring (bicyclic) bond motifs is 7. The van der Waals surface area contributed by atoms with E-state index in [-0.39, 0.29) is 0 Å². The van der Waals surface area contributed by atoms with Crippen molar-refractivity contribution in [2.24, 2.45) is 11.8 Å². The van der Waals surface area contributed by atoms with Crippen molar-refractivity contribution >= 4 is 27.9 Å². The van der Waals surface area contributed by atoms with Crippen molar-refractivity contribution in [1.29, 1.82) is 0 Å². The lowest BCUT2D eigenvalue weighted by Gasteiger charge is -2.34. The molecule has 5 aromatic rings. The van der Waals surface area contributed by atoms with Gasteiger partial charge in [0.15, 0.2) is 0 Å². The summed E-state index contributed by atoms with van der Waals surface area (Å²) in [6, 6.07) is 33.9. The van der Waals surface area contributed by atoms with Gasteiger partial charge in [0.1, 0.15) is 11.3 Å². The van der Waals surface area contributed by atoms with Gasteiger partial charge in [0.2, 0.25) is 0 Å². The van der Waals surface area contributed by atoms with Crippen molar-refractivity contribution < 1.29 is 4.42 Å². The highest BCUT2D eigenvalue weighted by molar-refractivity contribution is 5.98. The fourth-order valence-corrected chi connectivity index (χ4v) is 8.83. The number of aryl methyl sites for hydroxylation is 2. The maximum atomic E-state index is 6.24. The maximum absolute atomic E-state index is 6.24. The minimum absolute atomic E-state index is 0.420. The molecule has 50 heavy (non-hydrogen) atoms. The summed E-state index contributed by atoms with van der Waals surface area (Å²) in [5.74, 6) is 2.00. The summed E-state index contributed by atoms with van der Waals surface area (Å²) in [6.07, 6.45) is 29.4. The second-order valence-electron chi connectivity index (χ2n) is 14.2. The standard InChI is InChI=1S/C48H39NO/c1-2-11-37(12-3-1)49(39-26-20-33(21-27-39)45-31-35-10-4-5-13-40(35)42-14-6-7-15-43(42)45)38-24-18-32(19-25-38)34-22-28-41-36(30-34)23-29-47-48(41)44-16-8-9-17-46(44)50-47/h1-2,4-6,8-11,13-14,16-22,24-28,30-31,35,40H,3,7,12,15,23,29H2. The van der Waals surface area contributed by atoms with Crippen LogP contribution in [0.5, 0.6) is 0 Å². The normalized spacial score (nSPS) is 20.2. The predicted octanol–water partition coefficient (Wildman–Crippen LogP) is 12.6. The number of allylic oxidation sites excluding steroid dienone is 14. The van der Waals surface area contributed by atoms with Crippen LogP contribution in [0.25, 0.3) is 38.8 Å². The smallest absolute Gasteiger partial charge is 0.134 e. The number of rotatable bonds is 5. The summed E-state index contributed by atoms with van der Waals surface area (Å²) in [6.45, 7) is 0. The summed E-state index contributed by atoms with van der Waals surface area (Å²) >= 11 is 0. The molecule has 0 bridgehead atoms. The highest BCUT2D eigenvalue weighted by Gasteiger charge is 2.30. The van der Waals surface area contributed by atoms with Gasteiger partial charge >= 0.3 is 0 Å². The van der Waals surface area contributed by atoms with Crippen LogP contribution in [0, 0.1) is 11.8 Å². The first-order valence-electron chi connectivity index (χ1n) is 18.3. The van der Waals surface area contributed by atoms with Crippen LogP contribution in [0.4, 0.5) is 11.4 Å². The molecule has 0 aliphatic heterocycles. The molecule has 10 rings (SSSR count). The molecular formula is C48H39NO. The van der Waals surface area contributed by atoms with Crippen molar-refractivity contribution in [2.45, 2.75) is 38.5 Å². The summed E-state index contributed by atoms with van der Waals surface area (Å²) in [5.41, 5.74) is 17.0. The van der Waals surface area contributed by atoms with Gasteiger partial charge in [0.05, 0.1) is 0 Å². The lowest BCUT2D eigenvalue weighted by molar-refractivity contribution is 0.546. The zero-order valence-electron chi connectivity index (χ0n) is 28.2. The SMILES string of the molecule is C1=CCCC(N(c2ccc(C3=CC4C=CC=CC4C4=C3CCC=C4)cc2)c2ccc(-c3ccc4c(c3)CCc3oc5ccccc5c3-4)cc2)=C1. The third-order valence-electron chi connectivity index (χ3n) is 11.3. The minimum atomic E-state index is 0.420. The molecule has 1 aromatic heterocycles. The van der Waals surface area contributed by atoms with E-state index in [0.717, 1.165) is 49.9 Å². The predicted molar refractivity (Wildman–Crippen MR) is 208 cm³/mol. The van der Waals surface area contributed by atoms with E-state index in [1.807, 2.05) is 0 Å². The van der Waals surface area contributed by atoms with E-state index in [1.54, 1.807) is 0 Å². The third-order valence-corrected chi connectivity index (χ3v) is 11.3. The number of nitrogens with zero attached hydrogens (tertiary/aromatic N) is 1. The summed E-state index contributed by atoms with van der Waals surface area (Å²) in [5, 5.41) is 1.22. The second-order valence-corrected chi connectivity index (χ2v) is 14.2. The molecule has 0 radical (unpaired) electrons. The molecule has 0 fully saturated rings. The first-order chi connectivity index (χ1) is 24.8. The van der Waals surface area contributed by atoms with Crippen LogP contribution in [-0.2, 0) is 12.8 Å². The molecule has 5 aliphatic carbocycles. The van der Waals surface area contributed by atoms with E-state index in [9.17, 15) is 0 Å². The van der Waals surface area contributed by atoms with Gasteiger partial charge in [-0.2, -0.15) is 0 Å². The molecule has 2 unspecified atom stereocenters. The number of furan rings is 1. The van der Waals surface area contributed by atoms with Crippen molar-refractivity contribution in [3.8, 4) is 22.3 Å². The Bertz CT molecular complexity index is 2370. The maximum Gasteiger partial charge on any atom is 0.134 e. The van der Waals surface area contributed by atoms with Gasteiger partial charge in [-0.05, 0) is 113 Å². The molecule has 2 heteroatoms. The quantitative estimate of drug-likeness (QED) is 0.189. The van der Waals surface area contributed by atoms with Crippen LogP contribution in [0.1, 0.15) is 42.6 Å². The largest absolute Gasteiger partial charge is 0.460 e. The van der Waals surface area contributed by atoms with E-state index in [2.05, 4.69) is 157 Å². The number of anilines is 2. The van der Waals surface area contributed by atoms with E-state index in [4.69, 9.17) is 4.42 Å². The second kappa shape index (κ2) is 12.1. The van der Waals surface area contributed by atoms with Gasteiger partial charge in [0.25, 0.3) is 0 Å². The monoisotopic (exact) mass is 645 g/mol. The highest BCUT2D eigenvalue weighted by atomic mass is 16.3. The van der Waals surface area contributed by atoms with Crippen molar-refractivity contribution in [3.63, 3.8) is 0 Å². The first kappa shape index (κ1) is 29.3. The fraction of sp³-hybridized carbons (Fsp3) is 0.167. The topological polar surface area (TPSA) is 16.4 Å². The van der Waals surface area contributed by atoms with Crippen LogP contribution in [0.2, 0.25) is 0 Å². The summed E-state index contributed by atoms with van der Waals surface area (Å²) in [4.78, 5) is 2.45. The lowest BCUT2D eigenvalue weighted by Crippen LogP contribution is -2.20. The van der Waals surface area contributed by atoms with Gasteiger partial charge in [-0.25, -0.2) is 0 Å². The zero-order chi connectivity index (χ0) is 33.0. The lowest BCUT2D eigenvalue weighted by atomic mass is 9.70. The molecule has 0 spiro atoms. The molecule has 2 nitrogen and oxygen atoms in total. The van der Waals surface area contributed by atoms with Crippen LogP contribution >= 0.6 is 0 Å². The Labute approximate surface area is 294 Å². The van der Waals surface area contributed by atoms with Crippen LogP contribution in [0.15, 0.2) is 173 Å². The minimum Gasteiger partial charge on any atom is -0.460 e. The van der Waals surface area contributed by atoms with Crippen molar-refractivity contribution in [3.05, 3.63) is 185 Å². The highest BCUT2D eigenvalue weighted by Crippen LogP contribution is 2.46. The van der Waals surface area contributed by atoms with Gasteiger partial charge < -0.3 is 9.32 Å². The molecule has 4 aromatic carbocycles. The van der Waals surface area contributed by atoms with Gasteiger partial charge in [-0.3, -0.25) is 0 Å². The Morgan fingerprint density at radius 2 is 1.44 bits per heavy atom. The fourth-order valence-electron chi connectivity index (χ4n) is 8.83. The van der Waals surface area contributed by atoms with Crippen molar-refractivity contribution in [1.82, 2.24) is 0 Å². The Morgan fingerprint density at radius 3 is 2.28 bits per heavy atom. The molecule has 2 atom stereocenters. The molecule has 0 amide bonds. The molecule has 1 heterocycles. The summed E-state index contributed by atoms with van der Waals surface area (Å²) in [7, 11) is 0. The van der Waals surface area contributed by atoms with Crippen LogP contribution in [-0.4, -0.2) is 0 Å². The van der Waals surface area contributed by atoms with Crippen LogP contribution < -0.4 is 4.90 Å². The Morgan fingerprint density at radius 1 is 0.660 bits per heavy atom. The average Bonchev–Trinajstić information content (AvgIpc) is 3.58. The van der Waals surface area contributed by atoms with E-state index < -0.39 is 0 Å². The number of hydrogen-bond donors (Lipinski definition) is 0. The number of hydrogen-bond acceptors (Lipinski definition) is 2. The molecule has 0 saturated carbocycles. The average molecular weight is 646 g/mol. The molecule has 0 saturated heterocycles. The van der Waals surface area contributed by atoms with Crippen LogP contribution in [0.3, 0.4) is 0 Å². The first-order valence-corrected chi connectivity index (χ1v) is 18.3.